The summed E-state index contributed by atoms with van der Waals surface area (Å²) >= 11 is 0. The van der Waals surface area contributed by atoms with E-state index in [-0.39, 0.29) is 23.9 Å². The quantitative estimate of drug-likeness (QED) is 0.835. The minimum absolute atomic E-state index is 0.0210. The zero-order chi connectivity index (χ0) is 16.0. The molecule has 1 rings (SSSR count). The van der Waals surface area contributed by atoms with Crippen molar-refractivity contribution in [2.24, 2.45) is 0 Å². The molecule has 2 unspecified atom stereocenters. The number of likely N-dealkylation sites (N-methyl/N-ethyl adjacent to an activating group) is 2. The first-order chi connectivity index (χ1) is 9.81. The van der Waals surface area contributed by atoms with Gasteiger partial charge in [0, 0.05) is 20.1 Å². The summed E-state index contributed by atoms with van der Waals surface area (Å²) < 4.78 is 13.1. The Morgan fingerprint density at radius 3 is 2.57 bits per heavy atom. The van der Waals surface area contributed by atoms with Crippen LogP contribution in [0.3, 0.4) is 0 Å². The lowest BCUT2D eigenvalue weighted by molar-refractivity contribution is -0.135. The van der Waals surface area contributed by atoms with Crippen LogP contribution in [0.5, 0.6) is 0 Å². The van der Waals surface area contributed by atoms with E-state index < -0.39 is 0 Å². The molecule has 1 N–H and O–H groups in total. The summed E-state index contributed by atoms with van der Waals surface area (Å²) in [6, 6.07) is 5.99. The van der Waals surface area contributed by atoms with E-state index in [4.69, 9.17) is 0 Å². The predicted molar refractivity (Wildman–Crippen MR) is 81.3 cm³/mol. The van der Waals surface area contributed by atoms with Crippen LogP contribution in [0.15, 0.2) is 24.3 Å². The van der Waals surface area contributed by atoms with Crippen LogP contribution in [-0.4, -0.2) is 53.6 Å². The average molecular weight is 296 g/mol. The van der Waals surface area contributed by atoms with Crippen molar-refractivity contribution in [3.63, 3.8) is 0 Å². The highest BCUT2D eigenvalue weighted by Gasteiger charge is 2.21. The lowest BCUT2D eigenvalue weighted by Gasteiger charge is -2.28. The van der Waals surface area contributed by atoms with Crippen LogP contribution in [0.1, 0.15) is 25.8 Å². The normalized spacial score (nSPS) is 14.0. The van der Waals surface area contributed by atoms with Crippen molar-refractivity contribution < 1.29 is 14.3 Å². The summed E-state index contributed by atoms with van der Waals surface area (Å²) in [6.07, 6.45) is 0.252. The van der Waals surface area contributed by atoms with Crippen LogP contribution in [-0.2, 0) is 11.3 Å². The van der Waals surface area contributed by atoms with Crippen molar-refractivity contribution >= 4 is 5.91 Å². The summed E-state index contributed by atoms with van der Waals surface area (Å²) in [5.74, 6) is -0.317. The van der Waals surface area contributed by atoms with E-state index in [1.54, 1.807) is 31.0 Å². The first kappa shape index (κ1) is 17.6. The second kappa shape index (κ2) is 8.10. The van der Waals surface area contributed by atoms with E-state index in [1.165, 1.54) is 12.1 Å². The Kier molecular flexibility index (Phi) is 6.78. The Hall–Kier alpha value is -1.46. The van der Waals surface area contributed by atoms with Gasteiger partial charge in [0.15, 0.2) is 0 Å². The lowest BCUT2D eigenvalue weighted by Crippen LogP contribution is -2.44. The third-order valence-corrected chi connectivity index (χ3v) is 3.60. The van der Waals surface area contributed by atoms with Gasteiger partial charge in [0.25, 0.3) is 0 Å². The van der Waals surface area contributed by atoms with Gasteiger partial charge in [-0.15, -0.1) is 0 Å². The highest BCUT2D eigenvalue weighted by atomic mass is 19.1. The van der Waals surface area contributed by atoms with Gasteiger partial charge in [0.2, 0.25) is 5.91 Å². The van der Waals surface area contributed by atoms with Crippen LogP contribution in [0.4, 0.5) is 4.39 Å². The molecule has 0 aliphatic heterocycles. The van der Waals surface area contributed by atoms with Crippen molar-refractivity contribution in [3.05, 3.63) is 35.6 Å². The molecule has 0 aliphatic rings. The Balaban J connectivity index is 2.56. The Bertz CT molecular complexity index is 465. The smallest absolute Gasteiger partial charge is 0.239 e. The summed E-state index contributed by atoms with van der Waals surface area (Å²) in [7, 11) is 3.58. The van der Waals surface area contributed by atoms with Crippen LogP contribution < -0.4 is 0 Å². The van der Waals surface area contributed by atoms with Crippen molar-refractivity contribution in [1.29, 1.82) is 0 Å². The molecule has 0 bridgehead atoms. The maximum atomic E-state index is 13.1. The zero-order valence-electron chi connectivity index (χ0n) is 13.2. The fourth-order valence-electron chi connectivity index (χ4n) is 2.08. The number of amides is 1. The van der Waals surface area contributed by atoms with Crippen molar-refractivity contribution in [2.75, 3.05) is 20.6 Å². The van der Waals surface area contributed by atoms with Gasteiger partial charge < -0.3 is 10.0 Å². The van der Waals surface area contributed by atoms with Crippen LogP contribution >= 0.6 is 0 Å². The van der Waals surface area contributed by atoms with E-state index >= 15 is 0 Å². The van der Waals surface area contributed by atoms with Crippen LogP contribution in [0, 0.1) is 5.82 Å². The molecule has 0 radical (unpaired) electrons. The number of hydrogen-bond donors (Lipinski definition) is 1. The first-order valence-electron chi connectivity index (χ1n) is 7.19. The molecule has 0 saturated heterocycles. The highest BCUT2D eigenvalue weighted by Crippen LogP contribution is 2.09. The minimum Gasteiger partial charge on any atom is -0.393 e. The molecule has 1 amide bonds. The van der Waals surface area contributed by atoms with Crippen molar-refractivity contribution in [1.82, 2.24) is 9.80 Å². The maximum absolute atomic E-state index is 13.1. The fourth-order valence-corrected chi connectivity index (χ4v) is 2.08. The first-order valence-corrected chi connectivity index (χ1v) is 7.19. The summed E-state index contributed by atoms with van der Waals surface area (Å²) in [5, 5.41) is 9.29. The summed E-state index contributed by atoms with van der Waals surface area (Å²) in [5.41, 5.74) is 0.768. The lowest BCUT2D eigenvalue weighted by atomic mass is 10.2. The number of aliphatic hydroxyl groups is 1. The van der Waals surface area contributed by atoms with Gasteiger partial charge in [-0.05, 0) is 45.0 Å². The molecule has 0 saturated carbocycles. The van der Waals surface area contributed by atoms with Gasteiger partial charge in [-0.3, -0.25) is 9.69 Å². The predicted octanol–water partition coefficient (Wildman–Crippen LogP) is 1.88. The monoisotopic (exact) mass is 296 g/mol. The summed E-state index contributed by atoms with van der Waals surface area (Å²) in [6.45, 7) is 4.60. The van der Waals surface area contributed by atoms with Gasteiger partial charge in [-0.2, -0.15) is 0 Å². The van der Waals surface area contributed by atoms with Gasteiger partial charge in [0.1, 0.15) is 5.82 Å². The van der Waals surface area contributed by atoms with Crippen molar-refractivity contribution in [3.8, 4) is 0 Å². The number of carbonyl (C=O) groups excluding carboxylic acids is 1. The SMILES string of the molecule is CC(O)CCN(C)C(C)C(=O)N(C)Cc1cccc(F)c1. The molecule has 1 aromatic carbocycles. The number of halogens is 1. The summed E-state index contributed by atoms with van der Waals surface area (Å²) in [4.78, 5) is 15.9. The number of carbonyl (C=O) groups is 1. The molecule has 0 fully saturated rings. The van der Waals surface area contributed by atoms with E-state index in [1.807, 2.05) is 18.9 Å². The molecule has 21 heavy (non-hydrogen) atoms. The van der Waals surface area contributed by atoms with Gasteiger partial charge in [-0.25, -0.2) is 4.39 Å². The standard InChI is InChI=1S/C16H25FN2O2/c1-12(20)8-9-18(3)13(2)16(21)19(4)11-14-6-5-7-15(17)10-14/h5-7,10,12-13,20H,8-9,11H2,1-4H3. The maximum Gasteiger partial charge on any atom is 0.239 e. The molecule has 118 valence electrons. The Morgan fingerprint density at radius 1 is 1.33 bits per heavy atom. The van der Waals surface area contributed by atoms with Gasteiger partial charge in [0.05, 0.1) is 12.1 Å². The molecule has 5 heteroatoms. The second-order valence-corrected chi connectivity index (χ2v) is 5.62. The molecule has 1 aromatic rings. The Morgan fingerprint density at radius 2 is 2.00 bits per heavy atom. The Labute approximate surface area is 126 Å². The molecular weight excluding hydrogens is 271 g/mol. The third kappa shape index (κ3) is 5.81. The number of aliphatic hydroxyl groups excluding tert-OH is 1. The molecule has 0 spiro atoms. The van der Waals surface area contributed by atoms with Crippen molar-refractivity contribution in [2.45, 2.75) is 39.0 Å². The number of hydrogen-bond acceptors (Lipinski definition) is 3. The second-order valence-electron chi connectivity index (χ2n) is 5.62. The zero-order valence-corrected chi connectivity index (χ0v) is 13.2. The largest absolute Gasteiger partial charge is 0.393 e. The molecule has 0 aliphatic carbocycles. The molecular formula is C16H25FN2O2. The third-order valence-electron chi connectivity index (χ3n) is 3.60. The molecule has 0 heterocycles. The van der Waals surface area contributed by atoms with Gasteiger partial charge in [-0.1, -0.05) is 12.1 Å². The van der Waals surface area contributed by atoms with E-state index in [2.05, 4.69) is 0 Å². The van der Waals surface area contributed by atoms with Gasteiger partial charge >= 0.3 is 0 Å². The molecule has 4 nitrogen and oxygen atoms in total. The number of rotatable bonds is 7. The topological polar surface area (TPSA) is 43.8 Å². The average Bonchev–Trinajstić information content (AvgIpc) is 2.43. The molecule has 0 aromatic heterocycles. The number of benzene rings is 1. The minimum atomic E-state index is -0.375. The highest BCUT2D eigenvalue weighted by molar-refractivity contribution is 5.81. The fraction of sp³-hybridized carbons (Fsp3) is 0.562. The van der Waals surface area contributed by atoms with Crippen LogP contribution in [0.2, 0.25) is 0 Å². The van der Waals surface area contributed by atoms with E-state index in [9.17, 15) is 14.3 Å². The van der Waals surface area contributed by atoms with E-state index in [0.717, 1.165) is 5.56 Å². The van der Waals surface area contributed by atoms with E-state index in [0.29, 0.717) is 19.5 Å². The molecule has 2 atom stereocenters. The number of nitrogens with zero attached hydrogens (tertiary/aromatic N) is 2. The van der Waals surface area contributed by atoms with Crippen LogP contribution in [0.25, 0.3) is 0 Å².